The van der Waals surface area contributed by atoms with E-state index in [0.29, 0.717) is 12.0 Å². The number of aryl methyl sites for hydroxylation is 2. The number of hydrogen-bond donors (Lipinski definition) is 2. The van der Waals surface area contributed by atoms with Crippen molar-refractivity contribution in [2.24, 2.45) is 5.41 Å². The molecule has 1 aliphatic carbocycles. The molecule has 2 heteroatoms. The third-order valence-corrected chi connectivity index (χ3v) is 4.00. The standard InChI is InChI=1S/C15H23NO/c1-12-3-4-14(9-13(12)2)10-16-11-15(5-6-15)7-8-17/h3-4,9,16-17H,5-8,10-11H2,1-2H3. The summed E-state index contributed by atoms with van der Waals surface area (Å²) in [4.78, 5) is 0. The van der Waals surface area contributed by atoms with Crippen LogP contribution in [0.15, 0.2) is 18.2 Å². The molecule has 17 heavy (non-hydrogen) atoms. The molecule has 2 N–H and O–H groups in total. The van der Waals surface area contributed by atoms with Gasteiger partial charge in [-0.25, -0.2) is 0 Å². The molecule has 1 aliphatic rings. The van der Waals surface area contributed by atoms with E-state index in [-0.39, 0.29) is 0 Å². The van der Waals surface area contributed by atoms with Gasteiger partial charge in [0.15, 0.2) is 0 Å². The van der Waals surface area contributed by atoms with Gasteiger partial charge in [-0.1, -0.05) is 18.2 Å². The van der Waals surface area contributed by atoms with Crippen LogP contribution < -0.4 is 5.32 Å². The van der Waals surface area contributed by atoms with Gasteiger partial charge in [-0.05, 0) is 55.2 Å². The normalized spacial score (nSPS) is 17.1. The highest BCUT2D eigenvalue weighted by molar-refractivity contribution is 5.29. The highest BCUT2D eigenvalue weighted by Gasteiger charge is 2.41. The van der Waals surface area contributed by atoms with Crippen LogP contribution in [0.4, 0.5) is 0 Å². The highest BCUT2D eigenvalue weighted by atomic mass is 16.3. The molecule has 0 amide bonds. The molecule has 0 saturated heterocycles. The highest BCUT2D eigenvalue weighted by Crippen LogP contribution is 2.47. The Morgan fingerprint density at radius 1 is 1.24 bits per heavy atom. The summed E-state index contributed by atoms with van der Waals surface area (Å²) in [6.45, 7) is 6.61. The van der Waals surface area contributed by atoms with Crippen molar-refractivity contribution in [2.75, 3.05) is 13.2 Å². The maximum Gasteiger partial charge on any atom is 0.0436 e. The first kappa shape index (κ1) is 12.6. The molecule has 1 saturated carbocycles. The summed E-state index contributed by atoms with van der Waals surface area (Å²) in [6, 6.07) is 6.64. The van der Waals surface area contributed by atoms with Crippen LogP contribution in [0.1, 0.15) is 36.0 Å². The van der Waals surface area contributed by atoms with E-state index in [0.717, 1.165) is 19.5 Å². The van der Waals surface area contributed by atoms with Crippen molar-refractivity contribution in [3.05, 3.63) is 34.9 Å². The SMILES string of the molecule is Cc1ccc(CNCC2(CCO)CC2)cc1C. The van der Waals surface area contributed by atoms with Gasteiger partial charge in [0, 0.05) is 19.7 Å². The predicted molar refractivity (Wildman–Crippen MR) is 71.0 cm³/mol. The van der Waals surface area contributed by atoms with Crippen LogP contribution in [-0.4, -0.2) is 18.3 Å². The predicted octanol–water partition coefficient (Wildman–Crippen LogP) is 2.56. The van der Waals surface area contributed by atoms with Gasteiger partial charge in [-0.2, -0.15) is 0 Å². The summed E-state index contributed by atoms with van der Waals surface area (Å²) in [5.41, 5.74) is 4.48. The van der Waals surface area contributed by atoms with Crippen LogP contribution in [0.5, 0.6) is 0 Å². The first-order chi connectivity index (χ1) is 8.15. The minimum atomic E-state index is 0.325. The Labute approximate surface area is 104 Å². The van der Waals surface area contributed by atoms with Gasteiger partial charge in [-0.15, -0.1) is 0 Å². The molecular weight excluding hydrogens is 210 g/mol. The lowest BCUT2D eigenvalue weighted by molar-refractivity contribution is 0.245. The molecule has 2 nitrogen and oxygen atoms in total. The monoisotopic (exact) mass is 233 g/mol. The second-order valence-corrected chi connectivity index (χ2v) is 5.50. The molecule has 0 heterocycles. The fourth-order valence-corrected chi connectivity index (χ4v) is 2.31. The summed E-state index contributed by atoms with van der Waals surface area (Å²) in [5.74, 6) is 0. The van der Waals surface area contributed by atoms with Crippen LogP contribution in [0.3, 0.4) is 0 Å². The van der Waals surface area contributed by atoms with Crippen molar-refractivity contribution in [2.45, 2.75) is 39.7 Å². The van der Waals surface area contributed by atoms with E-state index in [1.54, 1.807) is 0 Å². The minimum Gasteiger partial charge on any atom is -0.396 e. The summed E-state index contributed by atoms with van der Waals surface area (Å²) in [7, 11) is 0. The van der Waals surface area contributed by atoms with Gasteiger partial charge in [0.05, 0.1) is 0 Å². The Morgan fingerprint density at radius 2 is 2.00 bits per heavy atom. The second kappa shape index (κ2) is 5.19. The molecule has 1 fully saturated rings. The molecular formula is C15H23NO. The quantitative estimate of drug-likeness (QED) is 0.791. The molecule has 0 atom stereocenters. The number of aliphatic hydroxyl groups excluding tert-OH is 1. The Hall–Kier alpha value is -0.860. The van der Waals surface area contributed by atoms with Crippen molar-refractivity contribution in [3.63, 3.8) is 0 Å². The van der Waals surface area contributed by atoms with E-state index >= 15 is 0 Å². The average molecular weight is 233 g/mol. The Kier molecular flexibility index (Phi) is 3.85. The zero-order chi connectivity index (χ0) is 12.3. The van der Waals surface area contributed by atoms with Gasteiger partial charge in [0.2, 0.25) is 0 Å². The van der Waals surface area contributed by atoms with Crippen LogP contribution in [0, 0.1) is 19.3 Å². The van der Waals surface area contributed by atoms with E-state index in [2.05, 4.69) is 37.4 Å². The Balaban J connectivity index is 1.80. The minimum absolute atomic E-state index is 0.325. The van der Waals surface area contributed by atoms with Gasteiger partial charge >= 0.3 is 0 Å². The van der Waals surface area contributed by atoms with Crippen LogP contribution >= 0.6 is 0 Å². The molecule has 94 valence electrons. The molecule has 0 radical (unpaired) electrons. The fraction of sp³-hybridized carbons (Fsp3) is 0.600. The fourth-order valence-electron chi connectivity index (χ4n) is 2.31. The third kappa shape index (κ3) is 3.30. The van der Waals surface area contributed by atoms with Gasteiger partial charge in [-0.3, -0.25) is 0 Å². The summed E-state index contributed by atoms with van der Waals surface area (Å²) in [5, 5.41) is 12.5. The van der Waals surface area contributed by atoms with Crippen molar-refractivity contribution >= 4 is 0 Å². The second-order valence-electron chi connectivity index (χ2n) is 5.50. The van der Waals surface area contributed by atoms with Crippen molar-refractivity contribution in [1.29, 1.82) is 0 Å². The lowest BCUT2D eigenvalue weighted by Gasteiger charge is -2.15. The zero-order valence-electron chi connectivity index (χ0n) is 10.9. The largest absolute Gasteiger partial charge is 0.396 e. The molecule has 0 spiro atoms. The molecule has 1 aromatic rings. The molecule has 0 unspecified atom stereocenters. The Bertz CT molecular complexity index is 383. The lowest BCUT2D eigenvalue weighted by Crippen LogP contribution is -2.24. The number of benzene rings is 1. The van der Waals surface area contributed by atoms with E-state index in [4.69, 9.17) is 5.11 Å². The molecule has 0 aromatic heterocycles. The van der Waals surface area contributed by atoms with E-state index in [9.17, 15) is 0 Å². The first-order valence-electron chi connectivity index (χ1n) is 6.53. The maximum atomic E-state index is 9.00. The van der Waals surface area contributed by atoms with Crippen molar-refractivity contribution in [3.8, 4) is 0 Å². The van der Waals surface area contributed by atoms with Crippen molar-refractivity contribution in [1.82, 2.24) is 5.32 Å². The molecule has 2 rings (SSSR count). The third-order valence-electron chi connectivity index (χ3n) is 4.00. The van der Waals surface area contributed by atoms with Crippen LogP contribution in [-0.2, 0) is 6.54 Å². The maximum absolute atomic E-state index is 9.00. The molecule has 0 aliphatic heterocycles. The lowest BCUT2D eigenvalue weighted by atomic mass is 10.0. The molecule has 1 aromatic carbocycles. The van der Waals surface area contributed by atoms with Gasteiger partial charge in [0.1, 0.15) is 0 Å². The van der Waals surface area contributed by atoms with Gasteiger partial charge < -0.3 is 10.4 Å². The van der Waals surface area contributed by atoms with Crippen LogP contribution in [0.25, 0.3) is 0 Å². The summed E-state index contributed by atoms with van der Waals surface area (Å²) >= 11 is 0. The first-order valence-corrected chi connectivity index (χ1v) is 6.53. The summed E-state index contributed by atoms with van der Waals surface area (Å²) in [6.07, 6.45) is 3.49. The van der Waals surface area contributed by atoms with E-state index in [1.165, 1.54) is 29.5 Å². The van der Waals surface area contributed by atoms with E-state index in [1.807, 2.05) is 0 Å². The number of nitrogens with one attached hydrogen (secondary N) is 1. The average Bonchev–Trinajstić information content (AvgIpc) is 3.04. The smallest absolute Gasteiger partial charge is 0.0436 e. The number of hydrogen-bond acceptors (Lipinski definition) is 2. The molecule has 0 bridgehead atoms. The zero-order valence-corrected chi connectivity index (χ0v) is 10.9. The number of rotatable bonds is 6. The van der Waals surface area contributed by atoms with Crippen molar-refractivity contribution < 1.29 is 5.11 Å². The van der Waals surface area contributed by atoms with Gasteiger partial charge in [0.25, 0.3) is 0 Å². The number of aliphatic hydroxyl groups is 1. The van der Waals surface area contributed by atoms with Crippen LogP contribution in [0.2, 0.25) is 0 Å². The summed E-state index contributed by atoms with van der Waals surface area (Å²) < 4.78 is 0. The van der Waals surface area contributed by atoms with E-state index < -0.39 is 0 Å². The Morgan fingerprint density at radius 3 is 2.59 bits per heavy atom. The topological polar surface area (TPSA) is 32.3 Å².